The molecule has 1 aliphatic heterocycles. The average Bonchev–Trinajstić information content (AvgIpc) is 3.44. The largest absolute Gasteiger partial charge is 0.388 e. The second kappa shape index (κ2) is 11.7. The van der Waals surface area contributed by atoms with Gasteiger partial charge in [-0.25, -0.2) is 14.8 Å². The predicted octanol–water partition coefficient (Wildman–Crippen LogP) is 3.88. The highest BCUT2D eigenvalue weighted by Gasteiger charge is 2.37. The third-order valence-electron chi connectivity index (χ3n) is 7.06. The Balaban J connectivity index is 1.24. The number of benzene rings is 1. The average molecular weight is 524 g/mol. The lowest BCUT2D eigenvalue weighted by Crippen LogP contribution is -2.40. The van der Waals surface area contributed by atoms with Crippen LogP contribution >= 0.6 is 0 Å². The number of anilines is 2. The Labute approximate surface area is 224 Å². The Morgan fingerprint density at radius 3 is 2.66 bits per heavy atom. The van der Waals surface area contributed by atoms with Crippen molar-refractivity contribution in [2.24, 2.45) is 0 Å². The maximum Gasteiger partial charge on any atom is 0.319 e. The van der Waals surface area contributed by atoms with E-state index in [1.54, 1.807) is 0 Å². The van der Waals surface area contributed by atoms with Crippen LogP contribution in [0.4, 0.5) is 16.3 Å². The van der Waals surface area contributed by atoms with Crippen LogP contribution in [0.15, 0.2) is 42.9 Å². The first kappa shape index (κ1) is 27.8. The molecule has 1 fully saturated rings. The number of rotatable bonds is 9. The fraction of sp³-hybridized carbons (Fsp3) is 0.536. The van der Waals surface area contributed by atoms with E-state index in [1.807, 2.05) is 41.1 Å². The Morgan fingerprint density at radius 2 is 1.97 bits per heavy atom. The van der Waals surface area contributed by atoms with Crippen LogP contribution in [0, 0.1) is 0 Å². The highest BCUT2D eigenvalue weighted by atomic mass is 16.5. The van der Waals surface area contributed by atoms with Crippen LogP contribution in [-0.2, 0) is 10.2 Å². The van der Waals surface area contributed by atoms with E-state index in [4.69, 9.17) is 10.5 Å². The number of amides is 2. The second-order valence-electron chi connectivity index (χ2n) is 11.3. The van der Waals surface area contributed by atoms with Gasteiger partial charge in [0.05, 0.1) is 11.5 Å². The topological polar surface area (TPSA) is 131 Å². The van der Waals surface area contributed by atoms with Gasteiger partial charge in [0.25, 0.3) is 0 Å². The number of nitrogens with one attached hydrogen (secondary N) is 2. The molecule has 2 aromatic heterocycles. The smallest absolute Gasteiger partial charge is 0.319 e. The zero-order valence-corrected chi connectivity index (χ0v) is 23.0. The molecule has 3 atom stereocenters. The predicted molar refractivity (Wildman–Crippen MR) is 150 cm³/mol. The Bertz CT molecular complexity index is 1220. The number of nitrogens with two attached hydrogens (primary N) is 1. The van der Waals surface area contributed by atoms with Crippen molar-refractivity contribution in [3.8, 4) is 0 Å². The van der Waals surface area contributed by atoms with Gasteiger partial charge in [0.2, 0.25) is 0 Å². The lowest BCUT2D eigenvalue weighted by molar-refractivity contribution is -0.0450. The number of ether oxygens (including phenoxy) is 1. The minimum atomic E-state index is -0.649. The van der Waals surface area contributed by atoms with Crippen molar-refractivity contribution in [2.75, 3.05) is 30.7 Å². The quantitative estimate of drug-likeness (QED) is 0.313. The zero-order chi connectivity index (χ0) is 27.4. The van der Waals surface area contributed by atoms with E-state index in [9.17, 15) is 9.90 Å². The lowest BCUT2D eigenvalue weighted by Gasteiger charge is -2.29. The van der Waals surface area contributed by atoms with Crippen molar-refractivity contribution in [2.45, 2.75) is 77.4 Å². The maximum atomic E-state index is 12.3. The number of urea groups is 1. The summed E-state index contributed by atoms with van der Waals surface area (Å²) in [5, 5.41) is 17.4. The highest BCUT2D eigenvalue weighted by Crippen LogP contribution is 2.33. The molecule has 0 bridgehead atoms. The molecule has 38 heavy (non-hydrogen) atoms. The number of hydrogen-bond donors (Lipinski definition) is 4. The molecule has 1 aromatic carbocycles. The molecule has 10 heteroatoms. The van der Waals surface area contributed by atoms with Gasteiger partial charge in [-0.05, 0) is 49.4 Å². The Morgan fingerprint density at radius 1 is 1.24 bits per heavy atom. The van der Waals surface area contributed by atoms with Crippen molar-refractivity contribution in [3.05, 3.63) is 48.4 Å². The highest BCUT2D eigenvalue weighted by molar-refractivity contribution is 5.89. The number of nitrogen functional groups attached to an aromatic ring is 1. The lowest BCUT2D eigenvalue weighted by atomic mass is 9.87. The number of hydrogen-bond acceptors (Lipinski definition) is 7. The van der Waals surface area contributed by atoms with Gasteiger partial charge in [-0.15, -0.1) is 0 Å². The summed E-state index contributed by atoms with van der Waals surface area (Å²) in [5.74, 6) is 0.407. The van der Waals surface area contributed by atoms with Crippen LogP contribution in [0.2, 0.25) is 0 Å². The Kier molecular flexibility index (Phi) is 8.54. The number of nitrogens with zero attached hydrogens (tertiary/aromatic N) is 4. The van der Waals surface area contributed by atoms with E-state index >= 15 is 0 Å². The standard InChI is InChI=1S/C28H41N7O3/c1-18(2)34(13-6-12-30-27(37)33-20-9-7-19(8-10-20)28(3,4)5)16-21-15-23(36)26(38-21)35-14-11-22-24(29)31-17-32-25(22)35/h7-11,14,17-18,21,23,26,36H,6,12-13,15-16H2,1-5H3,(H2,29,31,32)(H2,30,33,37)/t21-,23+,26?/m0/s1. The van der Waals surface area contributed by atoms with Crippen LogP contribution in [0.25, 0.3) is 11.0 Å². The van der Waals surface area contributed by atoms with Crippen LogP contribution in [-0.4, -0.2) is 68.5 Å². The fourth-order valence-electron chi connectivity index (χ4n) is 4.83. The summed E-state index contributed by atoms with van der Waals surface area (Å²) in [6, 6.07) is 9.89. The molecule has 3 aromatic rings. The van der Waals surface area contributed by atoms with E-state index in [0.717, 1.165) is 24.0 Å². The molecular weight excluding hydrogens is 482 g/mol. The molecule has 0 radical (unpaired) electrons. The van der Waals surface area contributed by atoms with Gasteiger partial charge in [0, 0.05) is 44.0 Å². The summed E-state index contributed by atoms with van der Waals surface area (Å²) in [6.07, 6.45) is 3.29. The molecule has 3 heterocycles. The van der Waals surface area contributed by atoms with Crippen molar-refractivity contribution in [1.82, 2.24) is 24.8 Å². The van der Waals surface area contributed by atoms with Gasteiger partial charge < -0.3 is 30.8 Å². The van der Waals surface area contributed by atoms with Crippen molar-refractivity contribution in [1.29, 1.82) is 0 Å². The SMILES string of the molecule is CC(C)N(CCCNC(=O)Nc1ccc(C(C)(C)C)cc1)C[C@@H]1C[C@@H](O)C(n2ccc3c(N)ncnc32)O1. The molecule has 5 N–H and O–H groups in total. The first-order chi connectivity index (χ1) is 18.0. The first-order valence-corrected chi connectivity index (χ1v) is 13.3. The number of carbonyl (C=O) groups excluding carboxylic acids is 1. The molecular formula is C28H41N7O3. The van der Waals surface area contributed by atoms with E-state index < -0.39 is 12.3 Å². The van der Waals surface area contributed by atoms with Crippen molar-refractivity contribution in [3.63, 3.8) is 0 Å². The molecule has 2 amide bonds. The van der Waals surface area contributed by atoms with Crippen LogP contribution in [0.5, 0.6) is 0 Å². The normalized spacial score (nSPS) is 19.9. The van der Waals surface area contributed by atoms with E-state index in [2.05, 4.69) is 60.1 Å². The van der Waals surface area contributed by atoms with Gasteiger partial charge in [0.1, 0.15) is 23.9 Å². The third-order valence-corrected chi connectivity index (χ3v) is 7.06. The molecule has 0 saturated carbocycles. The maximum absolute atomic E-state index is 12.3. The van der Waals surface area contributed by atoms with Crippen LogP contribution in [0.3, 0.4) is 0 Å². The monoisotopic (exact) mass is 523 g/mol. The van der Waals surface area contributed by atoms with Crippen LogP contribution in [0.1, 0.15) is 59.3 Å². The molecule has 1 unspecified atom stereocenters. The van der Waals surface area contributed by atoms with E-state index in [1.165, 1.54) is 11.9 Å². The van der Waals surface area contributed by atoms with E-state index in [0.29, 0.717) is 37.0 Å². The minimum absolute atomic E-state index is 0.0751. The summed E-state index contributed by atoms with van der Waals surface area (Å²) in [6.45, 7) is 12.8. The number of aliphatic hydroxyl groups excluding tert-OH is 1. The molecule has 1 aliphatic rings. The van der Waals surface area contributed by atoms with Gasteiger partial charge in [-0.3, -0.25) is 4.90 Å². The third kappa shape index (κ3) is 6.61. The summed E-state index contributed by atoms with van der Waals surface area (Å²) in [7, 11) is 0. The summed E-state index contributed by atoms with van der Waals surface area (Å²) < 4.78 is 8.11. The van der Waals surface area contributed by atoms with Gasteiger partial charge in [-0.2, -0.15) is 0 Å². The number of carbonyl (C=O) groups is 1. The minimum Gasteiger partial charge on any atom is -0.388 e. The molecule has 206 valence electrons. The van der Waals surface area contributed by atoms with Crippen molar-refractivity contribution < 1.29 is 14.6 Å². The summed E-state index contributed by atoms with van der Waals surface area (Å²) >= 11 is 0. The number of fused-ring (bicyclic) bond motifs is 1. The van der Waals surface area contributed by atoms with Gasteiger partial charge in [0.15, 0.2) is 6.23 Å². The zero-order valence-electron chi connectivity index (χ0n) is 23.0. The Hall–Kier alpha value is -3.21. The van der Waals surface area contributed by atoms with Crippen LogP contribution < -0.4 is 16.4 Å². The molecule has 0 aliphatic carbocycles. The first-order valence-electron chi connectivity index (χ1n) is 13.3. The van der Waals surface area contributed by atoms with E-state index in [-0.39, 0.29) is 17.6 Å². The van der Waals surface area contributed by atoms with Crippen molar-refractivity contribution >= 4 is 28.6 Å². The summed E-state index contributed by atoms with van der Waals surface area (Å²) in [5.41, 5.74) is 8.68. The molecule has 0 spiro atoms. The van der Waals surface area contributed by atoms with Gasteiger partial charge in [-0.1, -0.05) is 32.9 Å². The number of aliphatic hydroxyl groups is 1. The van der Waals surface area contributed by atoms with Gasteiger partial charge >= 0.3 is 6.03 Å². The summed E-state index contributed by atoms with van der Waals surface area (Å²) in [4.78, 5) is 23.0. The fourth-order valence-corrected chi connectivity index (χ4v) is 4.83. The molecule has 10 nitrogen and oxygen atoms in total. The second-order valence-corrected chi connectivity index (χ2v) is 11.3. The molecule has 4 rings (SSSR count). The molecule has 1 saturated heterocycles. The number of aromatic nitrogens is 3.